The van der Waals surface area contributed by atoms with E-state index in [-0.39, 0.29) is 23.8 Å². The van der Waals surface area contributed by atoms with Crippen LogP contribution < -0.4 is 5.32 Å². The summed E-state index contributed by atoms with van der Waals surface area (Å²) in [4.78, 5) is 42.7. The summed E-state index contributed by atoms with van der Waals surface area (Å²) in [6.45, 7) is 0. The number of anilines is 1. The lowest BCUT2D eigenvalue weighted by atomic mass is 9.71. The highest BCUT2D eigenvalue weighted by atomic mass is 16.2. The summed E-state index contributed by atoms with van der Waals surface area (Å²) in [5, 5.41) is 11.4. The van der Waals surface area contributed by atoms with Crippen molar-refractivity contribution in [2.45, 2.75) is 76.7 Å². The molecule has 1 saturated heterocycles. The van der Waals surface area contributed by atoms with Gasteiger partial charge in [0.25, 0.3) is 0 Å². The number of benzene rings is 2. The molecule has 2 aromatic carbocycles. The number of hydrogen-bond acceptors (Lipinski definition) is 5. The summed E-state index contributed by atoms with van der Waals surface area (Å²) in [7, 11) is 0. The largest absolute Gasteiger partial charge is 0.325 e. The Bertz CT molecular complexity index is 1110. The number of carbonyl (C=O) groups excluding carboxylic acids is 3. The van der Waals surface area contributed by atoms with Gasteiger partial charge in [-0.25, -0.2) is 0 Å². The molecule has 2 aliphatic carbocycles. The molecule has 5 rings (SSSR count). The van der Waals surface area contributed by atoms with Crippen LogP contribution in [0, 0.1) is 11.3 Å². The van der Waals surface area contributed by atoms with Gasteiger partial charge in [-0.2, -0.15) is 10.2 Å². The molecular formula is C29H34N4O3. The first-order valence-corrected chi connectivity index (χ1v) is 13.3. The molecule has 0 bridgehead atoms. The fourth-order valence-electron chi connectivity index (χ4n) is 6.18. The lowest BCUT2D eigenvalue weighted by Crippen LogP contribution is -2.43. The van der Waals surface area contributed by atoms with Gasteiger partial charge in [0, 0.05) is 11.7 Å². The second-order valence-corrected chi connectivity index (χ2v) is 10.4. The molecule has 2 aromatic rings. The Labute approximate surface area is 212 Å². The zero-order valence-electron chi connectivity index (χ0n) is 20.7. The van der Waals surface area contributed by atoms with E-state index in [1.54, 1.807) is 24.3 Å². The van der Waals surface area contributed by atoms with Crippen molar-refractivity contribution in [2.75, 3.05) is 5.32 Å². The Hall–Kier alpha value is -3.35. The molecule has 1 N–H and O–H groups in total. The van der Waals surface area contributed by atoms with Crippen LogP contribution in [-0.4, -0.2) is 28.7 Å². The third kappa shape index (κ3) is 4.84. The molecule has 2 saturated carbocycles. The molecule has 36 heavy (non-hydrogen) atoms. The van der Waals surface area contributed by atoms with Crippen LogP contribution in [0.15, 0.2) is 64.8 Å². The number of nitrogens with one attached hydrogen (secondary N) is 1. The normalized spacial score (nSPS) is 22.8. The molecule has 1 aliphatic heterocycles. The summed E-state index contributed by atoms with van der Waals surface area (Å²) in [6, 6.07) is 16.5. The molecule has 3 amide bonds. The second kappa shape index (κ2) is 10.7. The average molecular weight is 487 g/mol. The highest BCUT2D eigenvalue weighted by molar-refractivity contribution is 6.19. The number of amides is 3. The first kappa shape index (κ1) is 24.3. The van der Waals surface area contributed by atoms with Crippen LogP contribution in [-0.2, 0) is 14.4 Å². The third-order valence-electron chi connectivity index (χ3n) is 8.05. The monoisotopic (exact) mass is 486 g/mol. The van der Waals surface area contributed by atoms with Crippen molar-refractivity contribution >= 4 is 34.8 Å². The van der Waals surface area contributed by atoms with Crippen molar-refractivity contribution in [3.05, 3.63) is 54.6 Å². The van der Waals surface area contributed by atoms with Gasteiger partial charge in [0.15, 0.2) is 0 Å². The van der Waals surface area contributed by atoms with Crippen LogP contribution in [0.4, 0.5) is 17.1 Å². The van der Waals surface area contributed by atoms with E-state index in [1.165, 1.54) is 4.90 Å². The number of azo groups is 1. The van der Waals surface area contributed by atoms with E-state index in [1.807, 2.05) is 30.3 Å². The van der Waals surface area contributed by atoms with Gasteiger partial charge in [-0.3, -0.25) is 19.3 Å². The zero-order chi connectivity index (χ0) is 25.0. The maximum Gasteiger partial charge on any atom is 0.243 e. The van der Waals surface area contributed by atoms with Crippen molar-refractivity contribution in [3.63, 3.8) is 0 Å². The molecular weight excluding hydrogens is 452 g/mol. The van der Waals surface area contributed by atoms with Crippen molar-refractivity contribution in [1.29, 1.82) is 0 Å². The van der Waals surface area contributed by atoms with Gasteiger partial charge >= 0.3 is 0 Å². The van der Waals surface area contributed by atoms with Crippen molar-refractivity contribution < 1.29 is 14.4 Å². The van der Waals surface area contributed by atoms with Crippen LogP contribution in [0.3, 0.4) is 0 Å². The zero-order valence-corrected chi connectivity index (χ0v) is 20.7. The second-order valence-electron chi connectivity index (χ2n) is 10.4. The minimum atomic E-state index is -0.956. The van der Waals surface area contributed by atoms with Gasteiger partial charge in [-0.05, 0) is 62.1 Å². The summed E-state index contributed by atoms with van der Waals surface area (Å²) in [5.41, 5.74) is 1.10. The molecule has 1 atom stereocenters. The van der Waals surface area contributed by atoms with Gasteiger partial charge in [0.2, 0.25) is 17.7 Å². The van der Waals surface area contributed by atoms with Gasteiger partial charge < -0.3 is 5.32 Å². The fraction of sp³-hybridized carbons (Fsp3) is 0.483. The summed E-state index contributed by atoms with van der Waals surface area (Å²) >= 11 is 0. The highest BCUT2D eigenvalue weighted by Gasteiger charge is 2.62. The van der Waals surface area contributed by atoms with E-state index in [2.05, 4.69) is 15.5 Å². The molecule has 0 radical (unpaired) electrons. The molecule has 7 heteroatoms. The number of rotatable bonds is 5. The minimum Gasteiger partial charge on any atom is -0.325 e. The van der Waals surface area contributed by atoms with Crippen molar-refractivity contribution in [2.24, 2.45) is 21.6 Å². The average Bonchev–Trinajstić information content (AvgIpc) is 3.04. The van der Waals surface area contributed by atoms with E-state index < -0.39 is 11.3 Å². The Morgan fingerprint density at radius 1 is 0.778 bits per heavy atom. The Morgan fingerprint density at radius 2 is 1.36 bits per heavy atom. The van der Waals surface area contributed by atoms with Crippen molar-refractivity contribution in [3.8, 4) is 0 Å². The molecule has 7 nitrogen and oxygen atoms in total. The van der Waals surface area contributed by atoms with Gasteiger partial charge in [-0.1, -0.05) is 63.1 Å². The van der Waals surface area contributed by atoms with E-state index in [0.717, 1.165) is 63.5 Å². The predicted octanol–water partition coefficient (Wildman–Crippen LogP) is 6.70. The topological polar surface area (TPSA) is 91.2 Å². The predicted molar refractivity (Wildman–Crippen MR) is 138 cm³/mol. The molecule has 0 aromatic heterocycles. The molecule has 1 spiro atoms. The van der Waals surface area contributed by atoms with Crippen LogP contribution in [0.5, 0.6) is 0 Å². The fourth-order valence-corrected chi connectivity index (χ4v) is 6.18. The number of nitrogens with zero attached hydrogens (tertiary/aromatic N) is 3. The standard InChI is InChI=1S/C29H34N4O3/c34-26(30-21-15-17-23(18-16-21)32-31-22-11-5-3-6-12-22)25-27(35)33(24-13-7-4-8-14-24)28(36)29(25)19-9-1-2-10-20-29/h3,5-6,11-12,15-18,24-25H,1-2,4,7-10,13-14,19-20H2,(H,30,34). The first-order valence-electron chi connectivity index (χ1n) is 13.3. The van der Waals surface area contributed by atoms with E-state index in [9.17, 15) is 14.4 Å². The molecule has 3 fully saturated rings. The van der Waals surface area contributed by atoms with Crippen LogP contribution in [0.2, 0.25) is 0 Å². The van der Waals surface area contributed by atoms with Gasteiger partial charge in [0.05, 0.1) is 16.8 Å². The number of likely N-dealkylation sites (tertiary alicyclic amines) is 1. The van der Waals surface area contributed by atoms with Crippen LogP contribution in [0.25, 0.3) is 0 Å². The third-order valence-corrected chi connectivity index (χ3v) is 8.05. The van der Waals surface area contributed by atoms with Crippen LogP contribution in [0.1, 0.15) is 70.6 Å². The Morgan fingerprint density at radius 3 is 2.00 bits per heavy atom. The first-order chi connectivity index (χ1) is 17.6. The number of hydrogen-bond donors (Lipinski definition) is 1. The number of carbonyl (C=O) groups is 3. The minimum absolute atomic E-state index is 0.0639. The summed E-state index contributed by atoms with van der Waals surface area (Å²) < 4.78 is 0. The van der Waals surface area contributed by atoms with Gasteiger partial charge in [0.1, 0.15) is 5.92 Å². The molecule has 188 valence electrons. The maximum atomic E-state index is 13.8. The highest BCUT2D eigenvalue weighted by Crippen LogP contribution is 2.50. The SMILES string of the molecule is O=C(Nc1ccc(N=Nc2ccccc2)cc1)C1C(=O)N(C2CCCCC2)C(=O)C12CCCCCC2. The quantitative estimate of drug-likeness (QED) is 0.290. The van der Waals surface area contributed by atoms with E-state index in [0.29, 0.717) is 24.2 Å². The summed E-state index contributed by atoms with van der Waals surface area (Å²) in [5.74, 6) is -1.72. The molecule has 1 unspecified atom stereocenters. The number of imide groups is 1. The van der Waals surface area contributed by atoms with Crippen LogP contribution >= 0.6 is 0 Å². The summed E-state index contributed by atoms with van der Waals surface area (Å²) in [6.07, 6.45) is 9.95. The smallest absolute Gasteiger partial charge is 0.243 e. The van der Waals surface area contributed by atoms with Gasteiger partial charge in [-0.15, -0.1) is 0 Å². The maximum absolute atomic E-state index is 13.8. The van der Waals surface area contributed by atoms with Crippen molar-refractivity contribution in [1.82, 2.24) is 4.90 Å². The molecule has 3 aliphatic rings. The molecule has 1 heterocycles. The van der Waals surface area contributed by atoms with E-state index >= 15 is 0 Å². The van der Waals surface area contributed by atoms with E-state index in [4.69, 9.17) is 0 Å². The lowest BCUT2D eigenvalue weighted by Gasteiger charge is -2.32. The lowest BCUT2D eigenvalue weighted by molar-refractivity contribution is -0.145. The Balaban J connectivity index is 1.35. The Kier molecular flexibility index (Phi) is 7.25.